The number of alkyl halides is 3. The van der Waals surface area contributed by atoms with Crippen molar-refractivity contribution in [2.75, 3.05) is 0 Å². The number of nitriles is 2. The molecule has 0 unspecified atom stereocenters. The number of aromatic nitrogens is 2. The summed E-state index contributed by atoms with van der Waals surface area (Å²) in [7, 11) is 0. The lowest BCUT2D eigenvalue weighted by Gasteiger charge is -2.17. The van der Waals surface area contributed by atoms with E-state index in [-0.39, 0.29) is 5.56 Å². The van der Waals surface area contributed by atoms with E-state index in [4.69, 9.17) is 0 Å². The third kappa shape index (κ3) is 5.60. The van der Waals surface area contributed by atoms with Gasteiger partial charge in [-0.15, -0.1) is 0 Å². The summed E-state index contributed by atoms with van der Waals surface area (Å²) >= 11 is 0. The van der Waals surface area contributed by atoms with Gasteiger partial charge in [-0.3, -0.25) is 0 Å². The Hall–Kier alpha value is -7.87. The minimum Gasteiger partial charge on any atom is -0.309 e. The molecule has 0 saturated heterocycles. The molecule has 0 saturated carbocycles. The third-order valence-corrected chi connectivity index (χ3v) is 11.0. The topological polar surface area (TPSA) is 57.4 Å². The van der Waals surface area contributed by atoms with Crippen molar-refractivity contribution in [2.24, 2.45) is 0 Å². The largest absolute Gasteiger partial charge is 0.416 e. The van der Waals surface area contributed by atoms with Crippen LogP contribution in [0, 0.1) is 22.7 Å². The Balaban J connectivity index is 1.21. The predicted octanol–water partition coefficient (Wildman–Crippen LogP) is 13.6. The van der Waals surface area contributed by atoms with Crippen molar-refractivity contribution in [3.05, 3.63) is 193 Å². The Morgan fingerprint density at radius 3 is 1.64 bits per heavy atom. The number of halogens is 3. The third-order valence-electron chi connectivity index (χ3n) is 11.0. The Morgan fingerprint density at radius 1 is 0.414 bits per heavy atom. The molecule has 8 aromatic carbocycles. The molecule has 0 radical (unpaired) electrons. The molecule has 0 aliphatic rings. The molecule has 4 nitrogen and oxygen atoms in total. The summed E-state index contributed by atoms with van der Waals surface area (Å²) in [6.07, 6.45) is -4.61. The van der Waals surface area contributed by atoms with Gasteiger partial charge in [0.2, 0.25) is 0 Å². The molecule has 274 valence electrons. The van der Waals surface area contributed by atoms with Gasteiger partial charge in [-0.05, 0) is 101 Å². The number of nitrogens with zero attached hydrogens (tertiary/aromatic N) is 4. The van der Waals surface area contributed by atoms with Crippen molar-refractivity contribution in [3.63, 3.8) is 0 Å². The SMILES string of the molecule is N#Cc1ccc(-n2c3ccccc3c3cc(-c4cc(-c5ccccc5)cc(-n5c6ccccc6c6ccccc65)c4)ccc32)c(-c2ccc(C(F)(F)F)cc2C#N)c1. The number of benzene rings is 8. The molecule has 10 rings (SSSR count). The lowest BCUT2D eigenvalue weighted by molar-refractivity contribution is -0.137. The summed E-state index contributed by atoms with van der Waals surface area (Å²) in [4.78, 5) is 0. The molecule has 7 heteroatoms. The van der Waals surface area contributed by atoms with Gasteiger partial charge in [-0.1, -0.05) is 97.1 Å². The fraction of sp³-hybridized carbons (Fsp3) is 0.0196. The summed E-state index contributed by atoms with van der Waals surface area (Å²) in [6, 6.07) is 60.8. The molecule has 0 spiro atoms. The van der Waals surface area contributed by atoms with Crippen LogP contribution in [0.15, 0.2) is 176 Å². The number of hydrogen-bond donors (Lipinski definition) is 0. The van der Waals surface area contributed by atoms with Crippen LogP contribution in [-0.2, 0) is 6.18 Å². The lowest BCUT2D eigenvalue weighted by Crippen LogP contribution is -2.06. The van der Waals surface area contributed by atoms with Crippen LogP contribution in [-0.4, -0.2) is 9.13 Å². The predicted molar refractivity (Wildman–Crippen MR) is 226 cm³/mol. The maximum absolute atomic E-state index is 13.7. The van der Waals surface area contributed by atoms with Gasteiger partial charge in [0, 0.05) is 38.4 Å². The van der Waals surface area contributed by atoms with Gasteiger partial charge in [0.05, 0.1) is 56.6 Å². The molecule has 0 aliphatic carbocycles. The molecule has 2 aromatic heterocycles. The van der Waals surface area contributed by atoms with Crippen molar-refractivity contribution in [1.29, 1.82) is 10.5 Å². The molecule has 58 heavy (non-hydrogen) atoms. The van der Waals surface area contributed by atoms with Crippen LogP contribution in [0.25, 0.3) is 88.4 Å². The molecule has 10 aromatic rings. The van der Waals surface area contributed by atoms with Crippen molar-refractivity contribution < 1.29 is 13.2 Å². The Labute approximate surface area is 331 Å². The molecule has 0 atom stereocenters. The Bertz CT molecular complexity index is 3300. The van der Waals surface area contributed by atoms with Crippen molar-refractivity contribution >= 4 is 43.6 Å². The van der Waals surface area contributed by atoms with E-state index in [1.165, 1.54) is 16.8 Å². The summed E-state index contributed by atoms with van der Waals surface area (Å²) in [5.74, 6) is 0. The summed E-state index contributed by atoms with van der Waals surface area (Å²) in [5, 5.41) is 24.3. The number of fused-ring (bicyclic) bond motifs is 6. The molecular formula is C51H29F3N4. The van der Waals surface area contributed by atoms with Crippen molar-refractivity contribution in [3.8, 4) is 56.9 Å². The highest BCUT2D eigenvalue weighted by atomic mass is 19.4. The average Bonchev–Trinajstić information content (AvgIpc) is 3.78. The minimum absolute atomic E-state index is 0.133. The summed E-state index contributed by atoms with van der Waals surface area (Å²) < 4.78 is 45.6. The fourth-order valence-electron chi connectivity index (χ4n) is 8.38. The second-order valence-electron chi connectivity index (χ2n) is 14.3. The zero-order valence-electron chi connectivity index (χ0n) is 30.7. The van der Waals surface area contributed by atoms with Gasteiger partial charge >= 0.3 is 6.18 Å². The Kier molecular flexibility index (Phi) is 8.00. The molecule has 0 N–H and O–H groups in total. The number of para-hydroxylation sites is 3. The standard InChI is InChI=1S/C51H29F3N4/c52-51(53,54)38-20-21-40(37(26-38)31-56)44-24-32(30-55)18-22-49(44)58-48-17-9-6-14-43(48)45-29-34(19-23-50(45)58)36-25-35(33-10-2-1-3-11-33)27-39(28-36)57-46-15-7-4-12-41(46)42-13-5-8-16-47(42)57/h1-29H. The van der Waals surface area contributed by atoms with E-state index >= 15 is 0 Å². The van der Waals surface area contributed by atoms with Gasteiger partial charge in [0.15, 0.2) is 0 Å². The zero-order chi connectivity index (χ0) is 39.5. The smallest absolute Gasteiger partial charge is 0.309 e. The van der Waals surface area contributed by atoms with E-state index in [0.29, 0.717) is 22.4 Å². The van der Waals surface area contributed by atoms with Gasteiger partial charge in [-0.2, -0.15) is 23.7 Å². The quantitative estimate of drug-likeness (QED) is 0.176. The highest BCUT2D eigenvalue weighted by Crippen LogP contribution is 2.42. The van der Waals surface area contributed by atoms with E-state index < -0.39 is 11.7 Å². The van der Waals surface area contributed by atoms with Crippen LogP contribution in [0.3, 0.4) is 0 Å². The van der Waals surface area contributed by atoms with E-state index in [9.17, 15) is 23.7 Å². The van der Waals surface area contributed by atoms with Crippen LogP contribution in [0.5, 0.6) is 0 Å². The van der Waals surface area contributed by atoms with E-state index in [1.807, 2.05) is 42.5 Å². The van der Waals surface area contributed by atoms with E-state index in [1.54, 1.807) is 18.2 Å². The molecular weight excluding hydrogens is 726 g/mol. The van der Waals surface area contributed by atoms with Crippen LogP contribution < -0.4 is 0 Å². The van der Waals surface area contributed by atoms with Crippen LogP contribution in [0.1, 0.15) is 16.7 Å². The first-order valence-electron chi connectivity index (χ1n) is 18.7. The first-order chi connectivity index (χ1) is 28.3. The van der Waals surface area contributed by atoms with Crippen LogP contribution >= 0.6 is 0 Å². The van der Waals surface area contributed by atoms with Crippen molar-refractivity contribution in [1.82, 2.24) is 9.13 Å². The summed E-state index contributed by atoms with van der Waals surface area (Å²) in [6.45, 7) is 0. The van der Waals surface area contributed by atoms with Gasteiger partial charge in [0.25, 0.3) is 0 Å². The first kappa shape index (κ1) is 34.6. The lowest BCUT2D eigenvalue weighted by atomic mass is 9.95. The fourth-order valence-corrected chi connectivity index (χ4v) is 8.38. The summed E-state index contributed by atoms with van der Waals surface area (Å²) in [5.41, 5.74) is 9.89. The average molecular weight is 755 g/mol. The number of rotatable bonds is 5. The molecule has 0 aliphatic heterocycles. The molecule has 2 heterocycles. The van der Waals surface area contributed by atoms with E-state index in [2.05, 4.69) is 118 Å². The molecule has 0 amide bonds. The molecule has 0 bridgehead atoms. The Morgan fingerprint density at radius 2 is 1.00 bits per heavy atom. The maximum atomic E-state index is 13.7. The zero-order valence-corrected chi connectivity index (χ0v) is 30.7. The first-order valence-corrected chi connectivity index (χ1v) is 18.7. The second-order valence-corrected chi connectivity index (χ2v) is 14.3. The van der Waals surface area contributed by atoms with Gasteiger partial charge in [0.1, 0.15) is 0 Å². The highest BCUT2D eigenvalue weighted by molar-refractivity contribution is 6.12. The van der Waals surface area contributed by atoms with Gasteiger partial charge in [-0.25, -0.2) is 0 Å². The second kappa shape index (κ2) is 13.4. The number of hydrogen-bond acceptors (Lipinski definition) is 2. The monoisotopic (exact) mass is 754 g/mol. The van der Waals surface area contributed by atoms with Crippen LogP contribution in [0.2, 0.25) is 0 Å². The highest BCUT2D eigenvalue weighted by Gasteiger charge is 2.31. The van der Waals surface area contributed by atoms with E-state index in [0.717, 1.165) is 72.9 Å². The maximum Gasteiger partial charge on any atom is 0.416 e. The molecule has 0 fully saturated rings. The van der Waals surface area contributed by atoms with Gasteiger partial charge < -0.3 is 9.13 Å². The van der Waals surface area contributed by atoms with Crippen LogP contribution in [0.4, 0.5) is 13.2 Å². The normalized spacial score (nSPS) is 11.7. The minimum atomic E-state index is -4.61. The van der Waals surface area contributed by atoms with Crippen molar-refractivity contribution in [2.45, 2.75) is 6.18 Å².